The first kappa shape index (κ1) is 15.5. The van der Waals surface area contributed by atoms with Crippen molar-refractivity contribution in [3.05, 3.63) is 35.9 Å². The zero-order valence-corrected chi connectivity index (χ0v) is 13.9. The van der Waals surface area contributed by atoms with Crippen LogP contribution in [0.3, 0.4) is 0 Å². The van der Waals surface area contributed by atoms with Crippen LogP contribution in [0.4, 0.5) is 5.82 Å². The van der Waals surface area contributed by atoms with Gasteiger partial charge in [-0.15, -0.1) is 0 Å². The van der Waals surface area contributed by atoms with Gasteiger partial charge in [-0.25, -0.2) is 15.0 Å². The number of likely N-dealkylation sites (tertiary alicyclic amines) is 1. The van der Waals surface area contributed by atoms with E-state index in [1.165, 1.54) is 12.6 Å². The van der Waals surface area contributed by atoms with E-state index in [-0.39, 0.29) is 11.7 Å². The summed E-state index contributed by atoms with van der Waals surface area (Å²) in [7, 11) is 3.89. The number of anilines is 1. The third-order valence-electron chi connectivity index (χ3n) is 4.31. The van der Waals surface area contributed by atoms with E-state index in [0.717, 1.165) is 24.4 Å². The SMILES string of the molecule is Cc1cc(N(C)C)nc([C@@]2(C)CCCN2C(=O)c2cnco2)n1. The first-order valence-corrected chi connectivity index (χ1v) is 7.66. The number of oxazole rings is 1. The predicted molar refractivity (Wildman–Crippen MR) is 85.2 cm³/mol. The van der Waals surface area contributed by atoms with E-state index in [1.54, 1.807) is 4.90 Å². The molecule has 122 valence electrons. The second-order valence-electron chi connectivity index (χ2n) is 6.29. The maximum Gasteiger partial charge on any atom is 0.292 e. The molecule has 3 heterocycles. The van der Waals surface area contributed by atoms with Gasteiger partial charge in [0.05, 0.1) is 6.20 Å². The van der Waals surface area contributed by atoms with Gasteiger partial charge in [-0.05, 0) is 26.7 Å². The molecule has 1 saturated heterocycles. The maximum atomic E-state index is 12.7. The molecule has 2 aromatic heterocycles. The van der Waals surface area contributed by atoms with Crippen molar-refractivity contribution in [2.75, 3.05) is 25.5 Å². The number of nitrogens with zero attached hydrogens (tertiary/aromatic N) is 5. The molecular weight excluding hydrogens is 294 g/mol. The molecule has 1 amide bonds. The van der Waals surface area contributed by atoms with Crippen LogP contribution in [0.25, 0.3) is 0 Å². The summed E-state index contributed by atoms with van der Waals surface area (Å²) in [6.07, 6.45) is 4.45. The van der Waals surface area contributed by atoms with E-state index in [2.05, 4.69) is 15.0 Å². The topological polar surface area (TPSA) is 75.4 Å². The van der Waals surface area contributed by atoms with Crippen LogP contribution < -0.4 is 4.90 Å². The van der Waals surface area contributed by atoms with Crippen LogP contribution in [0.2, 0.25) is 0 Å². The third kappa shape index (κ3) is 2.67. The highest BCUT2D eigenvalue weighted by atomic mass is 16.3. The standard InChI is InChI=1S/C16H21N5O2/c1-11-8-13(20(3)4)19-15(18-11)16(2)6-5-7-21(16)14(22)12-9-17-10-23-12/h8-10H,5-7H2,1-4H3/t16-/m1/s1. The fourth-order valence-corrected chi connectivity index (χ4v) is 3.00. The number of aryl methyl sites for hydroxylation is 1. The van der Waals surface area contributed by atoms with E-state index in [9.17, 15) is 4.79 Å². The quantitative estimate of drug-likeness (QED) is 0.862. The van der Waals surface area contributed by atoms with E-state index >= 15 is 0 Å². The minimum atomic E-state index is -0.541. The second-order valence-corrected chi connectivity index (χ2v) is 6.29. The molecule has 0 spiro atoms. The molecule has 1 fully saturated rings. The van der Waals surface area contributed by atoms with Gasteiger partial charge in [0, 0.05) is 32.4 Å². The summed E-state index contributed by atoms with van der Waals surface area (Å²) in [4.78, 5) is 29.6. The van der Waals surface area contributed by atoms with Gasteiger partial charge >= 0.3 is 0 Å². The van der Waals surface area contributed by atoms with Crippen molar-refractivity contribution < 1.29 is 9.21 Å². The number of carbonyl (C=O) groups excluding carboxylic acids is 1. The molecule has 1 aliphatic heterocycles. The monoisotopic (exact) mass is 315 g/mol. The highest BCUT2D eigenvalue weighted by Crippen LogP contribution is 2.38. The fraction of sp³-hybridized carbons (Fsp3) is 0.500. The average molecular weight is 315 g/mol. The molecule has 0 N–H and O–H groups in total. The Morgan fingerprint density at radius 3 is 2.83 bits per heavy atom. The number of hydrogen-bond acceptors (Lipinski definition) is 6. The molecule has 0 aromatic carbocycles. The lowest BCUT2D eigenvalue weighted by molar-refractivity contribution is 0.0571. The van der Waals surface area contributed by atoms with Gasteiger partial charge in [0.25, 0.3) is 5.91 Å². The van der Waals surface area contributed by atoms with Gasteiger partial charge in [-0.3, -0.25) is 4.79 Å². The van der Waals surface area contributed by atoms with Crippen molar-refractivity contribution in [1.29, 1.82) is 0 Å². The van der Waals surface area contributed by atoms with Gasteiger partial charge in [0.15, 0.2) is 12.2 Å². The first-order valence-electron chi connectivity index (χ1n) is 7.66. The Morgan fingerprint density at radius 1 is 1.39 bits per heavy atom. The van der Waals surface area contributed by atoms with Crippen LogP contribution in [-0.2, 0) is 5.54 Å². The maximum absolute atomic E-state index is 12.7. The predicted octanol–water partition coefficient (Wildman–Crippen LogP) is 1.99. The summed E-state index contributed by atoms with van der Waals surface area (Å²) < 4.78 is 5.17. The van der Waals surface area contributed by atoms with Crippen LogP contribution in [0.5, 0.6) is 0 Å². The van der Waals surface area contributed by atoms with Crippen molar-refractivity contribution in [1.82, 2.24) is 19.9 Å². The van der Waals surface area contributed by atoms with Crippen molar-refractivity contribution in [3.8, 4) is 0 Å². The highest BCUT2D eigenvalue weighted by molar-refractivity contribution is 5.92. The van der Waals surface area contributed by atoms with Gasteiger partial charge in [-0.2, -0.15) is 0 Å². The van der Waals surface area contributed by atoms with E-state index in [0.29, 0.717) is 12.4 Å². The van der Waals surface area contributed by atoms with Crippen LogP contribution in [0.15, 0.2) is 23.1 Å². The van der Waals surface area contributed by atoms with Crippen molar-refractivity contribution in [3.63, 3.8) is 0 Å². The smallest absolute Gasteiger partial charge is 0.292 e. The second kappa shape index (κ2) is 5.64. The molecule has 7 nitrogen and oxygen atoms in total. The Kier molecular flexibility index (Phi) is 3.79. The Labute approximate surface area is 135 Å². The summed E-state index contributed by atoms with van der Waals surface area (Å²) in [5, 5.41) is 0. The molecule has 1 atom stereocenters. The van der Waals surface area contributed by atoms with Gasteiger partial charge in [0.2, 0.25) is 5.76 Å². The molecule has 7 heteroatoms. The van der Waals surface area contributed by atoms with E-state index in [4.69, 9.17) is 4.42 Å². The lowest BCUT2D eigenvalue weighted by Gasteiger charge is -2.33. The zero-order chi connectivity index (χ0) is 16.6. The van der Waals surface area contributed by atoms with Crippen LogP contribution >= 0.6 is 0 Å². The number of carbonyl (C=O) groups is 1. The lowest BCUT2D eigenvalue weighted by atomic mass is 9.97. The molecule has 23 heavy (non-hydrogen) atoms. The molecule has 1 aliphatic rings. The number of rotatable bonds is 3. The Balaban J connectivity index is 2.01. The van der Waals surface area contributed by atoms with Crippen LogP contribution in [-0.4, -0.2) is 46.4 Å². The van der Waals surface area contributed by atoms with Crippen LogP contribution in [0.1, 0.15) is 41.8 Å². The number of aromatic nitrogens is 3. The molecule has 3 rings (SSSR count). The fourth-order valence-electron chi connectivity index (χ4n) is 3.00. The molecule has 0 saturated carbocycles. The van der Waals surface area contributed by atoms with Crippen molar-refractivity contribution >= 4 is 11.7 Å². The third-order valence-corrected chi connectivity index (χ3v) is 4.31. The molecular formula is C16H21N5O2. The Morgan fingerprint density at radius 2 is 2.17 bits per heavy atom. The number of hydrogen-bond donors (Lipinski definition) is 0. The average Bonchev–Trinajstić information content (AvgIpc) is 3.16. The largest absolute Gasteiger partial charge is 0.438 e. The summed E-state index contributed by atoms with van der Waals surface area (Å²) in [5.41, 5.74) is 0.347. The molecule has 0 radical (unpaired) electrons. The summed E-state index contributed by atoms with van der Waals surface area (Å²) >= 11 is 0. The minimum Gasteiger partial charge on any atom is -0.438 e. The zero-order valence-electron chi connectivity index (χ0n) is 13.9. The van der Waals surface area contributed by atoms with Crippen LogP contribution in [0, 0.1) is 6.92 Å². The van der Waals surface area contributed by atoms with Gasteiger partial charge in [-0.1, -0.05) is 0 Å². The Bertz CT molecular complexity index is 713. The minimum absolute atomic E-state index is 0.168. The normalized spacial score (nSPS) is 20.8. The summed E-state index contributed by atoms with van der Waals surface area (Å²) in [6, 6.07) is 1.93. The molecule has 0 unspecified atom stereocenters. The van der Waals surface area contributed by atoms with Crippen molar-refractivity contribution in [2.45, 2.75) is 32.2 Å². The van der Waals surface area contributed by atoms with Crippen molar-refractivity contribution in [2.24, 2.45) is 0 Å². The number of amides is 1. The summed E-state index contributed by atoms with van der Waals surface area (Å²) in [5.74, 6) is 1.59. The molecule has 0 aliphatic carbocycles. The lowest BCUT2D eigenvalue weighted by Crippen LogP contribution is -2.44. The Hall–Kier alpha value is -2.44. The molecule has 0 bridgehead atoms. The molecule has 2 aromatic rings. The van der Waals surface area contributed by atoms with Gasteiger partial charge < -0.3 is 14.2 Å². The first-order chi connectivity index (χ1) is 10.9. The summed E-state index contributed by atoms with van der Waals surface area (Å²) in [6.45, 7) is 4.62. The van der Waals surface area contributed by atoms with Gasteiger partial charge in [0.1, 0.15) is 11.4 Å². The van der Waals surface area contributed by atoms with E-state index in [1.807, 2.05) is 38.9 Å². The van der Waals surface area contributed by atoms with E-state index < -0.39 is 5.54 Å². The highest BCUT2D eigenvalue weighted by Gasteiger charge is 2.44.